The van der Waals surface area contributed by atoms with Crippen LogP contribution in [-0.4, -0.2) is 54.2 Å². The van der Waals surface area contributed by atoms with E-state index in [1.807, 2.05) is 0 Å². The molecule has 1 heterocycles. The Kier molecular flexibility index (Phi) is 6.21. The molecule has 1 atom stereocenters. The molecule has 0 aliphatic carbocycles. The number of imide groups is 1. The molecule has 0 bridgehead atoms. The molecule has 0 spiro atoms. The molecule has 2 amide bonds. The van der Waals surface area contributed by atoms with E-state index in [9.17, 15) is 24.0 Å². The third kappa shape index (κ3) is 3.96. The highest BCUT2D eigenvalue weighted by molar-refractivity contribution is 6.22. The Labute approximate surface area is 150 Å². The van der Waals surface area contributed by atoms with Gasteiger partial charge >= 0.3 is 11.9 Å². The van der Waals surface area contributed by atoms with Crippen molar-refractivity contribution in [3.63, 3.8) is 0 Å². The lowest BCUT2D eigenvalue weighted by Crippen LogP contribution is -2.40. The molecule has 1 aliphatic rings. The number of hydrogen-bond donors (Lipinski definition) is 0. The number of fused-ring (bicyclic) bond motifs is 1. The smallest absolute Gasteiger partial charge is 0.317 e. The highest BCUT2D eigenvalue weighted by atomic mass is 16.6. The molecule has 0 saturated carbocycles. The third-order valence-corrected chi connectivity index (χ3v) is 3.83. The summed E-state index contributed by atoms with van der Waals surface area (Å²) in [5.41, 5.74) is 0.395. The number of ketones is 1. The largest absolute Gasteiger partial charge is 0.466 e. The van der Waals surface area contributed by atoms with Crippen LogP contribution in [0.25, 0.3) is 0 Å². The fraction of sp³-hybridized carbons (Fsp3) is 0.389. The average Bonchev–Trinajstić information content (AvgIpc) is 2.85. The van der Waals surface area contributed by atoms with Gasteiger partial charge in [-0.2, -0.15) is 0 Å². The molecule has 1 aromatic carbocycles. The van der Waals surface area contributed by atoms with E-state index in [4.69, 9.17) is 9.47 Å². The first-order chi connectivity index (χ1) is 12.4. The van der Waals surface area contributed by atoms with Crippen LogP contribution in [0.15, 0.2) is 24.3 Å². The lowest BCUT2D eigenvalue weighted by molar-refractivity contribution is -0.158. The van der Waals surface area contributed by atoms with Crippen LogP contribution in [0.1, 0.15) is 41.0 Å². The molecule has 1 unspecified atom stereocenters. The van der Waals surface area contributed by atoms with Gasteiger partial charge in [0.1, 0.15) is 5.92 Å². The van der Waals surface area contributed by atoms with Crippen LogP contribution in [0.5, 0.6) is 0 Å². The predicted octanol–water partition coefficient (Wildman–Crippen LogP) is 0.984. The molecule has 0 saturated heterocycles. The van der Waals surface area contributed by atoms with Crippen molar-refractivity contribution < 1.29 is 33.4 Å². The summed E-state index contributed by atoms with van der Waals surface area (Å²) in [4.78, 5) is 61.7. The molecule has 8 nitrogen and oxygen atoms in total. The first-order valence-electron chi connectivity index (χ1n) is 8.20. The van der Waals surface area contributed by atoms with Crippen molar-refractivity contribution in [2.45, 2.75) is 20.3 Å². The van der Waals surface area contributed by atoms with Gasteiger partial charge in [0, 0.05) is 0 Å². The Balaban J connectivity index is 2.16. The van der Waals surface area contributed by atoms with Gasteiger partial charge in [-0.05, 0) is 26.0 Å². The summed E-state index contributed by atoms with van der Waals surface area (Å²) in [6, 6.07) is 6.19. The third-order valence-electron chi connectivity index (χ3n) is 3.83. The van der Waals surface area contributed by atoms with E-state index in [-0.39, 0.29) is 24.3 Å². The molecule has 0 radical (unpaired) electrons. The number of ether oxygens (including phenoxy) is 2. The van der Waals surface area contributed by atoms with Gasteiger partial charge in [0.15, 0.2) is 5.78 Å². The fourth-order valence-corrected chi connectivity index (χ4v) is 2.61. The molecule has 138 valence electrons. The van der Waals surface area contributed by atoms with Crippen molar-refractivity contribution >= 4 is 29.5 Å². The first kappa shape index (κ1) is 19.3. The van der Waals surface area contributed by atoms with E-state index in [2.05, 4.69) is 0 Å². The van der Waals surface area contributed by atoms with E-state index in [0.29, 0.717) is 0 Å². The van der Waals surface area contributed by atoms with Crippen molar-refractivity contribution in [2.75, 3.05) is 19.8 Å². The van der Waals surface area contributed by atoms with Crippen molar-refractivity contribution in [1.29, 1.82) is 0 Å². The molecule has 1 aliphatic heterocycles. The number of Topliss-reactive ketones (excluding diaryl/α,β-unsaturated/α-hetero) is 1. The minimum absolute atomic E-state index is 0.0262. The zero-order chi connectivity index (χ0) is 19.3. The van der Waals surface area contributed by atoms with Crippen LogP contribution in [0, 0.1) is 5.92 Å². The van der Waals surface area contributed by atoms with E-state index in [1.54, 1.807) is 26.0 Å². The number of carbonyl (C=O) groups excluding carboxylic acids is 5. The lowest BCUT2D eigenvalue weighted by Gasteiger charge is -2.18. The van der Waals surface area contributed by atoms with Gasteiger partial charge < -0.3 is 9.47 Å². The van der Waals surface area contributed by atoms with Crippen LogP contribution < -0.4 is 0 Å². The summed E-state index contributed by atoms with van der Waals surface area (Å²) in [5, 5.41) is 0. The molecule has 2 rings (SSSR count). The molecule has 26 heavy (non-hydrogen) atoms. The molecular weight excluding hydrogens is 349 g/mol. The maximum Gasteiger partial charge on any atom is 0.317 e. The zero-order valence-corrected chi connectivity index (χ0v) is 14.5. The Morgan fingerprint density at radius 1 is 0.962 bits per heavy atom. The summed E-state index contributed by atoms with van der Waals surface area (Å²) >= 11 is 0. The van der Waals surface area contributed by atoms with E-state index >= 15 is 0 Å². The standard InChI is InChI=1S/C18H19NO7/c1-3-25-15(21)9-13(18(24)26-4-2)14(20)10-19-16(22)11-7-5-6-8-12(11)17(19)23/h5-8,13H,3-4,9-10H2,1-2H3/i9+1,10+1,13+1,14+1,15+1,18+1,19+1. The average molecular weight is 368 g/mol. The summed E-state index contributed by atoms with van der Waals surface area (Å²) in [5.74, 6) is -5.04. The topological polar surface area (TPSA) is 107 Å². The number of carbonyl (C=O) groups is 5. The van der Waals surface area contributed by atoms with E-state index < -0.39 is 48.4 Å². The molecule has 0 aromatic heterocycles. The summed E-state index contributed by atoms with van der Waals surface area (Å²) in [6.07, 6.45) is -0.505. The Morgan fingerprint density at radius 3 is 2.00 bits per heavy atom. The van der Waals surface area contributed by atoms with Crippen LogP contribution in [0.4, 0.5) is 0 Å². The van der Waals surface area contributed by atoms with Gasteiger partial charge in [0.05, 0.1) is 37.3 Å². The second kappa shape index (κ2) is 8.37. The monoisotopic (exact) mass is 368 g/mol. The Morgan fingerprint density at radius 2 is 1.50 bits per heavy atom. The summed E-state index contributed by atoms with van der Waals surface area (Å²) < 4.78 is 9.60. The van der Waals surface area contributed by atoms with Crippen molar-refractivity contribution in [1.82, 2.24) is 4.90 Å². The van der Waals surface area contributed by atoms with E-state index in [1.165, 1.54) is 12.1 Å². The van der Waals surface area contributed by atoms with Crippen molar-refractivity contribution in [2.24, 2.45) is 5.92 Å². The highest BCUT2D eigenvalue weighted by Gasteiger charge is 2.39. The molecule has 8 heteroatoms. The SMILES string of the molecule is CCO[13C](=O)[13CH2][13CH]([13C](=O)[13CH2][15N]1C(=O)c2ccccc2C1=O)[13C](=O)OCC. The van der Waals surface area contributed by atoms with Gasteiger partial charge in [-0.25, -0.2) is 0 Å². The number of esters is 2. The summed E-state index contributed by atoms with van der Waals surface area (Å²) in [7, 11) is 0. The van der Waals surface area contributed by atoms with Gasteiger partial charge in [-0.15, -0.1) is 0 Å². The van der Waals surface area contributed by atoms with Gasteiger partial charge in [-0.3, -0.25) is 28.9 Å². The molecule has 0 fully saturated rings. The van der Waals surface area contributed by atoms with Crippen LogP contribution >= 0.6 is 0 Å². The highest BCUT2D eigenvalue weighted by Crippen LogP contribution is 2.23. The van der Waals surface area contributed by atoms with Crippen molar-refractivity contribution in [3.05, 3.63) is 35.4 Å². The van der Waals surface area contributed by atoms with Gasteiger partial charge in [0.2, 0.25) is 0 Å². The zero-order valence-electron chi connectivity index (χ0n) is 14.5. The lowest BCUT2D eigenvalue weighted by atomic mass is 10.1. The summed E-state index contributed by atoms with van der Waals surface area (Å²) in [6.45, 7) is 2.67. The number of hydrogen-bond acceptors (Lipinski definition) is 7. The normalized spacial score (nSPS) is 14.0. The minimum atomic E-state index is -1.43. The predicted molar refractivity (Wildman–Crippen MR) is 88.2 cm³/mol. The first-order valence-corrected chi connectivity index (χ1v) is 8.20. The van der Waals surface area contributed by atoms with Gasteiger partial charge in [-0.1, -0.05) is 12.1 Å². The second-order valence-electron chi connectivity index (χ2n) is 5.52. The van der Waals surface area contributed by atoms with Crippen LogP contribution in [-0.2, 0) is 23.9 Å². The van der Waals surface area contributed by atoms with Gasteiger partial charge in [0.25, 0.3) is 11.8 Å². The Hall–Kier alpha value is -3.03. The Bertz CT molecular complexity index is 721. The second-order valence-corrected chi connectivity index (χ2v) is 5.52. The number of rotatable bonds is 8. The maximum absolute atomic E-state index is 12.5. The quantitative estimate of drug-likeness (QED) is 0.221. The number of nitrogens with zero attached hydrogens (tertiary/aromatic N) is 1. The number of amides is 2. The van der Waals surface area contributed by atoms with E-state index in [0.717, 1.165) is 4.90 Å². The molecule has 0 N–H and O–H groups in total. The number of benzene rings is 1. The fourth-order valence-electron chi connectivity index (χ4n) is 2.61. The van der Waals surface area contributed by atoms with Crippen LogP contribution in [0.3, 0.4) is 0 Å². The maximum atomic E-state index is 12.5. The molecular formula is C18H19NO7. The van der Waals surface area contributed by atoms with Crippen molar-refractivity contribution in [3.8, 4) is 0 Å². The minimum Gasteiger partial charge on any atom is -0.466 e. The van der Waals surface area contributed by atoms with Crippen LogP contribution in [0.2, 0.25) is 0 Å². The molecule has 1 aromatic rings.